The normalized spacial score (nSPS) is 11.7. The van der Waals surface area contributed by atoms with Gasteiger partial charge in [-0.1, -0.05) is 153 Å². The van der Waals surface area contributed by atoms with Crippen molar-refractivity contribution >= 4 is 13.5 Å². The van der Waals surface area contributed by atoms with Crippen molar-refractivity contribution in [2.45, 2.75) is 97.5 Å². The van der Waals surface area contributed by atoms with Gasteiger partial charge in [-0.15, -0.1) is 12.5 Å². The summed E-state index contributed by atoms with van der Waals surface area (Å²) in [6.07, 6.45) is 10.5. The standard InChI is InChI=1S/C16H13.C9H21P.C5H10.CO.Ru/c1-2-9-16(14-10-5-3-6-11-14)15-12-7-4-8-13-15;1-7(2)10(8(3)4)9(5)6;1-2-4-5-3-1;1-2;/h3-8,10-13H,1H3;7-9H,1-6H3;1-5H2;;/q-1;;;;+2. The van der Waals surface area contributed by atoms with Crippen LogP contribution in [0.2, 0.25) is 0 Å². The zero-order valence-electron chi connectivity index (χ0n) is 22.3. The van der Waals surface area contributed by atoms with Crippen LogP contribution in [0.4, 0.5) is 0 Å². The van der Waals surface area contributed by atoms with Crippen LogP contribution in [0, 0.1) is 12.7 Å². The molecule has 1 aliphatic rings. The molecule has 0 aromatic heterocycles. The second-order valence-electron chi connectivity index (χ2n) is 8.98. The third kappa shape index (κ3) is 14.9. The van der Waals surface area contributed by atoms with E-state index in [-0.39, 0.29) is 27.4 Å². The Morgan fingerprint density at radius 3 is 1.21 bits per heavy atom. The van der Waals surface area contributed by atoms with E-state index in [1.54, 1.807) is 0 Å². The van der Waals surface area contributed by atoms with E-state index >= 15 is 0 Å². The van der Waals surface area contributed by atoms with Gasteiger partial charge in [0.2, 0.25) is 0 Å². The molecule has 2 aromatic rings. The molecule has 0 aliphatic heterocycles. The molecule has 0 radical (unpaired) electrons. The maximum atomic E-state index is 7.50. The average Bonchev–Trinajstić information content (AvgIpc) is 3.40. The Kier molecular flexibility index (Phi) is 22.8. The Morgan fingerprint density at radius 1 is 0.706 bits per heavy atom. The predicted octanol–water partition coefficient (Wildman–Crippen LogP) is 9.70. The third-order valence-electron chi connectivity index (χ3n) is 5.41. The molecule has 1 saturated carbocycles. The molecule has 3 rings (SSSR count). The van der Waals surface area contributed by atoms with Gasteiger partial charge in [-0.05, 0) is 17.0 Å². The summed E-state index contributed by atoms with van der Waals surface area (Å²) in [4.78, 5) is 0. The van der Waals surface area contributed by atoms with Gasteiger partial charge in [0.25, 0.3) is 0 Å². The van der Waals surface area contributed by atoms with Crippen LogP contribution in [0.15, 0.2) is 66.4 Å². The van der Waals surface area contributed by atoms with Crippen LogP contribution < -0.4 is 0 Å². The molecule has 0 atom stereocenters. The molecule has 1 nitrogen and oxygen atoms in total. The topological polar surface area (TPSA) is 19.9 Å². The Balaban J connectivity index is 0. The summed E-state index contributed by atoms with van der Waals surface area (Å²) in [7, 11) is 0.262. The van der Waals surface area contributed by atoms with Gasteiger partial charge >= 0.3 is 30.8 Å². The molecule has 0 saturated heterocycles. The number of allylic oxidation sites excluding steroid dienone is 1. The zero-order chi connectivity index (χ0) is 25.1. The van der Waals surface area contributed by atoms with Crippen molar-refractivity contribution in [1.29, 1.82) is 0 Å². The van der Waals surface area contributed by atoms with Gasteiger partial charge in [0.1, 0.15) is 0 Å². The molecule has 34 heavy (non-hydrogen) atoms. The smallest absolute Gasteiger partial charge is 2.00 e. The summed E-state index contributed by atoms with van der Waals surface area (Å²) >= 11 is 0. The van der Waals surface area contributed by atoms with Crippen molar-refractivity contribution in [2.24, 2.45) is 0 Å². The molecule has 0 heterocycles. The van der Waals surface area contributed by atoms with Gasteiger partial charge in [-0.25, -0.2) is 6.08 Å². The number of rotatable bonds is 5. The van der Waals surface area contributed by atoms with Crippen LogP contribution in [0.5, 0.6) is 0 Å². The fourth-order valence-corrected chi connectivity index (χ4v) is 7.90. The van der Waals surface area contributed by atoms with E-state index in [0.717, 1.165) is 22.6 Å². The van der Waals surface area contributed by atoms with E-state index in [2.05, 4.69) is 84.3 Å². The molecule has 0 N–H and O–H groups in total. The minimum absolute atomic E-state index is 0. The van der Waals surface area contributed by atoms with Gasteiger partial charge in [-0.2, -0.15) is 0 Å². The van der Waals surface area contributed by atoms with E-state index < -0.39 is 0 Å². The number of hydrogen-bond acceptors (Lipinski definition) is 0. The average molecular weight is 565 g/mol. The summed E-state index contributed by atoms with van der Waals surface area (Å²) in [5.41, 5.74) is 9.30. The van der Waals surface area contributed by atoms with Crippen molar-refractivity contribution < 1.29 is 24.1 Å². The van der Waals surface area contributed by atoms with E-state index in [1.165, 1.54) is 43.2 Å². The SMILES string of the molecule is C1CCCC1.CC(C)P(C(C)C)C(C)C.C[C-]=C=C(c1ccccc1)c1ccccc1.[C-]#[O+].[Ru+2]. The molecule has 2 aromatic carbocycles. The molecular formula is C31H44OPRu+. The maximum absolute atomic E-state index is 7.50. The van der Waals surface area contributed by atoms with Crippen molar-refractivity contribution in [3.8, 4) is 0 Å². The summed E-state index contributed by atoms with van der Waals surface area (Å²) in [6, 6.07) is 20.5. The zero-order valence-corrected chi connectivity index (χ0v) is 24.9. The summed E-state index contributed by atoms with van der Waals surface area (Å²) in [5, 5.41) is 0. The second kappa shape index (κ2) is 22.2. The van der Waals surface area contributed by atoms with Crippen LogP contribution in [-0.2, 0) is 24.1 Å². The predicted molar refractivity (Wildman–Crippen MR) is 147 cm³/mol. The molecule has 1 fully saturated rings. The third-order valence-corrected chi connectivity index (χ3v) is 8.99. The first kappa shape index (κ1) is 34.9. The first-order valence-corrected chi connectivity index (χ1v) is 13.8. The largest absolute Gasteiger partial charge is 2.00 e. The van der Waals surface area contributed by atoms with E-state index in [9.17, 15) is 0 Å². The van der Waals surface area contributed by atoms with Crippen molar-refractivity contribution in [3.05, 3.63) is 90.2 Å². The molecule has 186 valence electrons. The van der Waals surface area contributed by atoms with Crippen molar-refractivity contribution in [2.75, 3.05) is 0 Å². The van der Waals surface area contributed by atoms with Gasteiger partial charge in [0.15, 0.2) is 0 Å². The number of benzene rings is 2. The Hall–Kier alpha value is -1.25. The Morgan fingerprint density at radius 2 is 1.00 bits per heavy atom. The molecule has 1 aliphatic carbocycles. The van der Waals surface area contributed by atoms with Gasteiger partial charge in [0.05, 0.1) is 0 Å². The molecular weight excluding hydrogens is 520 g/mol. The summed E-state index contributed by atoms with van der Waals surface area (Å²) < 4.78 is 7.50. The molecule has 3 heteroatoms. The van der Waals surface area contributed by atoms with Crippen molar-refractivity contribution in [1.82, 2.24) is 0 Å². The van der Waals surface area contributed by atoms with Gasteiger partial charge in [-0.3, -0.25) is 0 Å². The molecule has 0 spiro atoms. The fourth-order valence-electron chi connectivity index (χ4n) is 4.32. The summed E-state index contributed by atoms with van der Waals surface area (Å²) in [5.74, 6) is 0. The minimum Gasteiger partial charge on any atom is 2.00 e. The Labute approximate surface area is 224 Å². The van der Waals surface area contributed by atoms with Crippen LogP contribution in [0.25, 0.3) is 5.57 Å². The second-order valence-corrected chi connectivity index (χ2v) is 13.0. The van der Waals surface area contributed by atoms with E-state index in [1.807, 2.05) is 43.3 Å². The quantitative estimate of drug-likeness (QED) is 0.113. The number of hydrogen-bond donors (Lipinski definition) is 0. The fraction of sp³-hybridized carbons (Fsp3) is 0.484. The van der Waals surface area contributed by atoms with E-state index in [4.69, 9.17) is 4.65 Å². The van der Waals surface area contributed by atoms with Crippen LogP contribution in [0.3, 0.4) is 0 Å². The first-order valence-electron chi connectivity index (χ1n) is 12.3. The van der Waals surface area contributed by atoms with Gasteiger partial charge in [0, 0.05) is 0 Å². The van der Waals surface area contributed by atoms with Gasteiger partial charge < -0.3 is 5.73 Å². The molecule has 0 bridgehead atoms. The van der Waals surface area contributed by atoms with Crippen LogP contribution in [0.1, 0.15) is 91.7 Å². The van der Waals surface area contributed by atoms with Crippen molar-refractivity contribution in [3.63, 3.8) is 0 Å². The maximum Gasteiger partial charge on any atom is 2.00 e. The van der Waals surface area contributed by atoms with Crippen LogP contribution in [-0.4, -0.2) is 17.0 Å². The van der Waals surface area contributed by atoms with E-state index in [0.29, 0.717) is 0 Å². The minimum atomic E-state index is 0. The first-order chi connectivity index (χ1) is 15.9. The monoisotopic (exact) mass is 565 g/mol. The van der Waals surface area contributed by atoms with Crippen LogP contribution >= 0.6 is 7.92 Å². The molecule has 0 amide bonds. The summed E-state index contributed by atoms with van der Waals surface area (Å²) in [6.45, 7) is 20.5. The molecule has 0 unspecified atom stereocenters. The Bertz CT molecular complexity index is 731.